The van der Waals surface area contributed by atoms with Gasteiger partial charge in [0.1, 0.15) is 6.04 Å². The van der Waals surface area contributed by atoms with Gasteiger partial charge in [-0.25, -0.2) is 18.5 Å². The van der Waals surface area contributed by atoms with Gasteiger partial charge in [0.25, 0.3) is 5.91 Å². The summed E-state index contributed by atoms with van der Waals surface area (Å²) in [7, 11) is -3.89. The number of anilines is 1. The zero-order valence-corrected chi connectivity index (χ0v) is 17.3. The molecule has 2 aromatic rings. The van der Waals surface area contributed by atoms with Crippen LogP contribution in [0.5, 0.6) is 0 Å². The Labute approximate surface area is 175 Å². The molecule has 0 spiro atoms. The first-order valence-corrected chi connectivity index (χ1v) is 11.1. The first-order valence-electron chi connectivity index (χ1n) is 9.55. The Balaban J connectivity index is 1.88. The van der Waals surface area contributed by atoms with Gasteiger partial charge in [0.05, 0.1) is 17.0 Å². The Bertz CT molecular complexity index is 1050. The Morgan fingerprint density at radius 2 is 1.73 bits per heavy atom. The van der Waals surface area contributed by atoms with Gasteiger partial charge >= 0.3 is 0 Å². The second kappa shape index (κ2) is 8.76. The summed E-state index contributed by atoms with van der Waals surface area (Å²) in [5.41, 5.74) is 1.10. The van der Waals surface area contributed by atoms with Crippen LogP contribution in [0.4, 0.5) is 5.69 Å². The average Bonchev–Trinajstić information content (AvgIpc) is 3.00. The summed E-state index contributed by atoms with van der Waals surface area (Å²) in [6.07, 6.45) is 0.767. The fourth-order valence-electron chi connectivity index (χ4n) is 3.43. The van der Waals surface area contributed by atoms with Crippen molar-refractivity contribution in [2.75, 3.05) is 4.90 Å². The van der Waals surface area contributed by atoms with Gasteiger partial charge in [-0.3, -0.25) is 14.4 Å². The van der Waals surface area contributed by atoms with E-state index in [0.29, 0.717) is 6.42 Å². The van der Waals surface area contributed by atoms with E-state index in [9.17, 15) is 22.8 Å². The number of sulfonamides is 1. The highest BCUT2D eigenvalue weighted by Crippen LogP contribution is 2.28. The summed E-state index contributed by atoms with van der Waals surface area (Å²) < 4.78 is 22.9. The molecule has 0 aliphatic carbocycles. The molecule has 30 heavy (non-hydrogen) atoms. The number of nitrogens with two attached hydrogens (primary N) is 1. The maximum Gasteiger partial charge on any atom is 0.257 e. The fourth-order valence-corrected chi connectivity index (χ4v) is 3.94. The van der Waals surface area contributed by atoms with Crippen LogP contribution < -0.4 is 10.0 Å². The first kappa shape index (κ1) is 21.7. The molecule has 0 radical (unpaired) electrons. The summed E-state index contributed by atoms with van der Waals surface area (Å²) in [6, 6.07) is 13.5. The Hall–Kier alpha value is -3.04. The summed E-state index contributed by atoms with van der Waals surface area (Å²) in [5, 5.41) is 5.09. The van der Waals surface area contributed by atoms with Crippen LogP contribution in [0, 0.1) is 0 Å². The minimum atomic E-state index is -3.89. The van der Waals surface area contributed by atoms with E-state index in [1.807, 2.05) is 37.3 Å². The molecule has 1 aliphatic heterocycles. The second-order valence-electron chi connectivity index (χ2n) is 7.08. The van der Waals surface area contributed by atoms with Gasteiger partial charge in [-0.2, -0.15) is 0 Å². The van der Waals surface area contributed by atoms with Crippen molar-refractivity contribution in [3.63, 3.8) is 0 Å². The number of rotatable bonds is 7. The van der Waals surface area contributed by atoms with E-state index in [1.54, 1.807) is 0 Å². The molecule has 1 atom stereocenters. The van der Waals surface area contributed by atoms with Crippen LogP contribution in [0.25, 0.3) is 0 Å². The number of benzene rings is 2. The molecule has 2 N–H and O–H groups in total. The maximum absolute atomic E-state index is 13.1. The van der Waals surface area contributed by atoms with Gasteiger partial charge in [0.2, 0.25) is 21.8 Å². The number of carbonyl (C=O) groups excluding carboxylic acids is 3. The van der Waals surface area contributed by atoms with Crippen molar-refractivity contribution < 1.29 is 22.8 Å². The van der Waals surface area contributed by atoms with E-state index < -0.39 is 27.9 Å². The predicted molar refractivity (Wildman–Crippen MR) is 111 cm³/mol. The van der Waals surface area contributed by atoms with Crippen LogP contribution in [0.1, 0.15) is 31.7 Å². The number of primary sulfonamides is 1. The van der Waals surface area contributed by atoms with Gasteiger partial charge in [-0.1, -0.05) is 37.3 Å². The van der Waals surface area contributed by atoms with Gasteiger partial charge in [-0.15, -0.1) is 0 Å². The maximum atomic E-state index is 13.1. The number of hydrogen-bond donors (Lipinski definition) is 1. The van der Waals surface area contributed by atoms with Crippen molar-refractivity contribution in [1.82, 2.24) is 4.90 Å². The molecular formula is C21H23N3O5S. The molecule has 158 valence electrons. The highest BCUT2D eigenvalue weighted by atomic mass is 32.2. The van der Waals surface area contributed by atoms with Crippen LogP contribution in [-0.2, 0) is 31.0 Å². The molecule has 8 nitrogen and oxygen atoms in total. The SMILES string of the molecule is CCCC(=O)N(Cc1ccccc1)C1CC(=O)N(c2ccc(S(N)(=O)=O)cc2)C1=O. The van der Waals surface area contributed by atoms with Gasteiger partial charge < -0.3 is 4.90 Å². The molecule has 1 fully saturated rings. The van der Waals surface area contributed by atoms with E-state index in [4.69, 9.17) is 5.14 Å². The third-order valence-electron chi connectivity index (χ3n) is 4.90. The monoisotopic (exact) mass is 429 g/mol. The lowest BCUT2D eigenvalue weighted by Gasteiger charge is -2.28. The first-order chi connectivity index (χ1) is 14.2. The van der Waals surface area contributed by atoms with E-state index in [-0.39, 0.29) is 35.9 Å². The Morgan fingerprint density at radius 1 is 1.10 bits per heavy atom. The van der Waals surface area contributed by atoms with Gasteiger partial charge in [0, 0.05) is 13.0 Å². The molecule has 1 heterocycles. The molecule has 1 unspecified atom stereocenters. The van der Waals surface area contributed by atoms with Crippen LogP contribution >= 0.6 is 0 Å². The van der Waals surface area contributed by atoms with Crippen LogP contribution in [0.2, 0.25) is 0 Å². The Morgan fingerprint density at radius 3 is 2.30 bits per heavy atom. The number of hydrogen-bond acceptors (Lipinski definition) is 5. The van der Waals surface area contributed by atoms with Gasteiger partial charge in [0.15, 0.2) is 0 Å². The van der Waals surface area contributed by atoms with E-state index in [2.05, 4.69) is 0 Å². The molecule has 2 aromatic carbocycles. The third kappa shape index (κ3) is 4.58. The molecule has 3 amide bonds. The zero-order chi connectivity index (χ0) is 21.9. The minimum absolute atomic E-state index is 0.120. The lowest BCUT2D eigenvalue weighted by atomic mass is 10.1. The summed E-state index contributed by atoms with van der Waals surface area (Å²) >= 11 is 0. The molecular weight excluding hydrogens is 406 g/mol. The fraction of sp³-hybridized carbons (Fsp3) is 0.286. The largest absolute Gasteiger partial charge is 0.326 e. The number of nitrogens with zero attached hydrogens (tertiary/aromatic N) is 2. The minimum Gasteiger partial charge on any atom is -0.326 e. The van der Waals surface area contributed by atoms with Crippen molar-refractivity contribution >= 4 is 33.4 Å². The normalized spacial score (nSPS) is 16.7. The third-order valence-corrected chi connectivity index (χ3v) is 5.83. The molecule has 1 saturated heterocycles. The molecule has 3 rings (SSSR count). The van der Waals surface area contributed by atoms with Crippen LogP contribution in [-0.4, -0.2) is 37.1 Å². The quantitative estimate of drug-likeness (QED) is 0.674. The van der Waals surface area contributed by atoms with Gasteiger partial charge in [-0.05, 0) is 36.2 Å². The summed E-state index contributed by atoms with van der Waals surface area (Å²) in [6.45, 7) is 2.10. The van der Waals surface area contributed by atoms with Crippen molar-refractivity contribution in [1.29, 1.82) is 0 Å². The highest BCUT2D eigenvalue weighted by molar-refractivity contribution is 7.89. The lowest BCUT2D eigenvalue weighted by Crippen LogP contribution is -2.45. The Kier molecular flexibility index (Phi) is 6.33. The van der Waals surface area contributed by atoms with Crippen LogP contribution in [0.15, 0.2) is 59.5 Å². The summed E-state index contributed by atoms with van der Waals surface area (Å²) in [5.74, 6) is -1.15. The van der Waals surface area contributed by atoms with Crippen molar-refractivity contribution in [3.05, 3.63) is 60.2 Å². The zero-order valence-electron chi connectivity index (χ0n) is 16.5. The molecule has 9 heteroatoms. The second-order valence-corrected chi connectivity index (χ2v) is 8.64. The van der Waals surface area contributed by atoms with Crippen molar-refractivity contribution in [2.24, 2.45) is 5.14 Å². The molecule has 0 saturated carbocycles. The number of imide groups is 1. The summed E-state index contributed by atoms with van der Waals surface area (Å²) in [4.78, 5) is 40.8. The van der Waals surface area contributed by atoms with Crippen LogP contribution in [0.3, 0.4) is 0 Å². The highest BCUT2D eigenvalue weighted by Gasteiger charge is 2.44. The number of carbonyl (C=O) groups is 3. The van der Waals surface area contributed by atoms with E-state index >= 15 is 0 Å². The smallest absolute Gasteiger partial charge is 0.257 e. The molecule has 1 aliphatic rings. The number of amides is 3. The van der Waals surface area contributed by atoms with E-state index in [0.717, 1.165) is 10.5 Å². The van der Waals surface area contributed by atoms with Crippen molar-refractivity contribution in [2.45, 2.75) is 43.7 Å². The molecule has 0 aromatic heterocycles. The van der Waals surface area contributed by atoms with Crippen molar-refractivity contribution in [3.8, 4) is 0 Å². The average molecular weight is 429 g/mol. The van der Waals surface area contributed by atoms with E-state index in [1.165, 1.54) is 29.2 Å². The topological polar surface area (TPSA) is 118 Å². The standard InChI is InChI=1S/C21H23N3O5S/c1-2-6-19(25)23(14-15-7-4-3-5-8-15)18-13-20(26)24(21(18)27)16-9-11-17(12-10-16)30(22,28)29/h3-5,7-12,18H,2,6,13-14H2,1H3,(H2,22,28,29). The predicted octanol–water partition coefficient (Wildman–Crippen LogP) is 1.79. The lowest BCUT2D eigenvalue weighted by molar-refractivity contribution is -0.139. The molecule has 0 bridgehead atoms.